The number of ketones is 1. The molecule has 0 unspecified atom stereocenters. The van der Waals surface area contributed by atoms with Gasteiger partial charge in [0.15, 0.2) is 5.78 Å². The summed E-state index contributed by atoms with van der Waals surface area (Å²) in [5, 5.41) is 0.911. The lowest BCUT2D eigenvalue weighted by molar-refractivity contribution is -0.143. The van der Waals surface area contributed by atoms with Gasteiger partial charge in [-0.25, -0.2) is 0 Å². The summed E-state index contributed by atoms with van der Waals surface area (Å²) >= 11 is 0. The first kappa shape index (κ1) is 27.2. The molecule has 0 radical (unpaired) electrons. The van der Waals surface area contributed by atoms with E-state index in [1.807, 2.05) is 54.7 Å². The number of ether oxygens (including phenoxy) is 2. The number of aryl methyl sites for hydroxylation is 1. The number of benzene rings is 3. The van der Waals surface area contributed by atoms with Crippen LogP contribution in [0.1, 0.15) is 60.7 Å². The topological polar surface area (TPSA) is 57.5 Å². The average molecular weight is 512 g/mol. The van der Waals surface area contributed by atoms with Gasteiger partial charge < -0.3 is 14.0 Å². The van der Waals surface area contributed by atoms with Crippen LogP contribution in [0.2, 0.25) is 0 Å². The summed E-state index contributed by atoms with van der Waals surface area (Å²) in [6.45, 7) is 7.88. The number of esters is 1. The minimum atomic E-state index is -0.192. The van der Waals surface area contributed by atoms with E-state index >= 15 is 0 Å². The molecule has 4 aromatic rings. The molecular weight excluding hydrogens is 474 g/mol. The van der Waals surface area contributed by atoms with Crippen LogP contribution < -0.4 is 4.74 Å². The highest BCUT2D eigenvalue weighted by atomic mass is 16.5. The predicted octanol–water partition coefficient (Wildman–Crippen LogP) is 7.04. The van der Waals surface area contributed by atoms with Crippen molar-refractivity contribution < 1.29 is 19.1 Å². The van der Waals surface area contributed by atoms with Crippen molar-refractivity contribution in [3.8, 4) is 5.75 Å². The minimum absolute atomic E-state index is 0.0293. The molecule has 0 aliphatic heterocycles. The lowest BCUT2D eigenvalue weighted by Gasteiger charge is -2.09. The van der Waals surface area contributed by atoms with Gasteiger partial charge in [0.25, 0.3) is 0 Å². The van der Waals surface area contributed by atoms with E-state index in [-0.39, 0.29) is 11.8 Å². The molecule has 0 amide bonds. The van der Waals surface area contributed by atoms with Gasteiger partial charge in [-0.2, -0.15) is 0 Å². The van der Waals surface area contributed by atoms with E-state index in [1.165, 1.54) is 11.1 Å². The summed E-state index contributed by atoms with van der Waals surface area (Å²) in [6, 6.07) is 24.0. The third kappa shape index (κ3) is 7.12. The zero-order valence-corrected chi connectivity index (χ0v) is 22.6. The largest absolute Gasteiger partial charge is 0.493 e. The Hall–Kier alpha value is -3.86. The fourth-order valence-electron chi connectivity index (χ4n) is 4.70. The van der Waals surface area contributed by atoms with Gasteiger partial charge in [-0.1, -0.05) is 56.3 Å². The highest BCUT2D eigenvalue weighted by Crippen LogP contribution is 2.25. The molecule has 0 bridgehead atoms. The molecular formula is C33H37NO4. The molecule has 38 heavy (non-hydrogen) atoms. The van der Waals surface area contributed by atoms with Crippen molar-refractivity contribution in [1.82, 2.24) is 4.57 Å². The van der Waals surface area contributed by atoms with Gasteiger partial charge in [0.05, 0.1) is 13.2 Å². The number of carbonyl (C=O) groups is 2. The van der Waals surface area contributed by atoms with Crippen LogP contribution in [0.3, 0.4) is 0 Å². The third-order valence-electron chi connectivity index (χ3n) is 6.56. The summed E-state index contributed by atoms with van der Waals surface area (Å²) in [6.07, 6.45) is 4.83. The van der Waals surface area contributed by atoms with Crippen molar-refractivity contribution in [2.75, 3.05) is 13.2 Å². The van der Waals surface area contributed by atoms with Crippen molar-refractivity contribution in [3.63, 3.8) is 0 Å². The Bertz CT molecular complexity index is 1350. The minimum Gasteiger partial charge on any atom is -0.493 e. The fraction of sp³-hybridized carbons (Fsp3) is 0.333. The van der Waals surface area contributed by atoms with E-state index in [0.717, 1.165) is 29.5 Å². The maximum Gasteiger partial charge on any atom is 0.305 e. The fourth-order valence-corrected chi connectivity index (χ4v) is 4.70. The van der Waals surface area contributed by atoms with Gasteiger partial charge in [0, 0.05) is 47.6 Å². The maximum atomic E-state index is 13.4. The van der Waals surface area contributed by atoms with Crippen LogP contribution in [0.15, 0.2) is 79.0 Å². The van der Waals surface area contributed by atoms with E-state index < -0.39 is 0 Å². The molecule has 0 saturated heterocycles. The lowest BCUT2D eigenvalue weighted by atomic mass is 10.0. The Morgan fingerprint density at radius 1 is 0.895 bits per heavy atom. The summed E-state index contributed by atoms with van der Waals surface area (Å²) < 4.78 is 13.0. The van der Waals surface area contributed by atoms with E-state index in [0.29, 0.717) is 49.6 Å². The Balaban J connectivity index is 1.37. The van der Waals surface area contributed by atoms with Gasteiger partial charge in [-0.3, -0.25) is 9.59 Å². The third-order valence-corrected chi connectivity index (χ3v) is 6.56. The van der Waals surface area contributed by atoms with Crippen LogP contribution >= 0.6 is 0 Å². The van der Waals surface area contributed by atoms with Gasteiger partial charge >= 0.3 is 5.97 Å². The number of nitrogens with zero attached hydrogens (tertiary/aromatic N) is 1. The molecule has 5 heteroatoms. The first-order chi connectivity index (χ1) is 18.4. The average Bonchev–Trinajstić information content (AvgIpc) is 3.28. The Morgan fingerprint density at radius 2 is 1.61 bits per heavy atom. The molecule has 0 N–H and O–H groups in total. The zero-order valence-electron chi connectivity index (χ0n) is 22.6. The molecule has 0 aliphatic carbocycles. The van der Waals surface area contributed by atoms with Crippen LogP contribution in [0.4, 0.5) is 0 Å². The highest BCUT2D eigenvalue weighted by molar-refractivity contribution is 6.16. The van der Waals surface area contributed by atoms with Gasteiger partial charge in [-0.15, -0.1) is 0 Å². The maximum absolute atomic E-state index is 13.4. The lowest BCUT2D eigenvalue weighted by Crippen LogP contribution is -2.06. The van der Waals surface area contributed by atoms with E-state index in [9.17, 15) is 9.59 Å². The summed E-state index contributed by atoms with van der Waals surface area (Å²) in [4.78, 5) is 25.1. The SMILES string of the molecule is CCOC(=O)CCCn1cc(C(=O)c2ccc(OCCc3ccc(CC(C)C)cc3)cc2)c2ccccc21. The molecule has 1 aromatic heterocycles. The molecule has 0 spiro atoms. The molecule has 3 aromatic carbocycles. The van der Waals surface area contributed by atoms with E-state index in [1.54, 1.807) is 6.92 Å². The molecule has 198 valence electrons. The van der Waals surface area contributed by atoms with Crippen LogP contribution in [-0.2, 0) is 28.9 Å². The zero-order chi connectivity index (χ0) is 26.9. The Labute approximate surface area is 225 Å². The quantitative estimate of drug-likeness (QED) is 0.143. The number of carbonyl (C=O) groups excluding carboxylic acids is 2. The normalized spacial score (nSPS) is 11.2. The van der Waals surface area contributed by atoms with Crippen LogP contribution in [0, 0.1) is 5.92 Å². The number of para-hydroxylation sites is 1. The smallest absolute Gasteiger partial charge is 0.305 e. The van der Waals surface area contributed by atoms with Crippen molar-refractivity contribution in [2.24, 2.45) is 5.92 Å². The first-order valence-corrected chi connectivity index (χ1v) is 13.5. The molecule has 0 saturated carbocycles. The number of hydrogen-bond acceptors (Lipinski definition) is 4. The van der Waals surface area contributed by atoms with E-state index in [2.05, 4.69) is 42.7 Å². The molecule has 0 aliphatic rings. The summed E-state index contributed by atoms with van der Waals surface area (Å²) in [5.41, 5.74) is 4.88. The second-order valence-electron chi connectivity index (χ2n) is 10.0. The first-order valence-electron chi connectivity index (χ1n) is 13.5. The Morgan fingerprint density at radius 3 is 2.32 bits per heavy atom. The number of aromatic nitrogens is 1. The van der Waals surface area contributed by atoms with Crippen molar-refractivity contribution in [3.05, 3.63) is 101 Å². The molecule has 5 nitrogen and oxygen atoms in total. The molecule has 0 atom stereocenters. The molecule has 4 rings (SSSR count). The second kappa shape index (κ2) is 13.1. The standard InChI is InChI=1S/C33H37NO4/c1-4-37-32(35)10-7-20-34-23-30(29-8-5-6-9-31(29)34)33(36)27-15-17-28(18-16-27)38-21-19-25-11-13-26(14-12-25)22-24(2)3/h5-6,8-9,11-18,23-24H,4,7,10,19-22H2,1-3H3. The van der Waals surface area contributed by atoms with Gasteiger partial charge in [-0.05, 0) is 67.1 Å². The van der Waals surface area contributed by atoms with Crippen LogP contribution in [0.5, 0.6) is 5.75 Å². The number of hydrogen-bond donors (Lipinski definition) is 0. The number of rotatable bonds is 13. The van der Waals surface area contributed by atoms with Crippen molar-refractivity contribution in [2.45, 2.75) is 53.0 Å². The van der Waals surface area contributed by atoms with Gasteiger partial charge in [0.2, 0.25) is 0 Å². The predicted molar refractivity (Wildman–Crippen MR) is 152 cm³/mol. The summed E-state index contributed by atoms with van der Waals surface area (Å²) in [5.74, 6) is 1.18. The van der Waals surface area contributed by atoms with Crippen LogP contribution in [-0.4, -0.2) is 29.5 Å². The van der Waals surface area contributed by atoms with Crippen molar-refractivity contribution >= 4 is 22.7 Å². The van der Waals surface area contributed by atoms with Crippen LogP contribution in [0.25, 0.3) is 10.9 Å². The van der Waals surface area contributed by atoms with E-state index in [4.69, 9.17) is 9.47 Å². The van der Waals surface area contributed by atoms with Crippen molar-refractivity contribution in [1.29, 1.82) is 0 Å². The second-order valence-corrected chi connectivity index (χ2v) is 10.0. The summed E-state index contributed by atoms with van der Waals surface area (Å²) in [7, 11) is 0. The Kier molecular flexibility index (Phi) is 9.36. The van der Waals surface area contributed by atoms with Gasteiger partial charge in [0.1, 0.15) is 5.75 Å². The highest BCUT2D eigenvalue weighted by Gasteiger charge is 2.17. The number of fused-ring (bicyclic) bond motifs is 1. The molecule has 0 fully saturated rings. The molecule has 1 heterocycles. The monoisotopic (exact) mass is 511 g/mol.